The van der Waals surface area contributed by atoms with Crippen LogP contribution in [0.4, 0.5) is 11.5 Å². The molecule has 0 aliphatic heterocycles. The Balaban J connectivity index is 1.66. The van der Waals surface area contributed by atoms with Gasteiger partial charge in [-0.1, -0.05) is 36.4 Å². The summed E-state index contributed by atoms with van der Waals surface area (Å²) in [4.78, 5) is 13.3. The van der Waals surface area contributed by atoms with Gasteiger partial charge in [0.25, 0.3) is 0 Å². The summed E-state index contributed by atoms with van der Waals surface area (Å²) in [6.07, 6.45) is 3.37. The minimum Gasteiger partial charge on any atom is -0.340 e. The third-order valence-corrected chi connectivity index (χ3v) is 4.66. The van der Waals surface area contributed by atoms with Crippen LogP contribution in [-0.4, -0.2) is 15.0 Å². The van der Waals surface area contributed by atoms with E-state index in [1.54, 1.807) is 12.5 Å². The summed E-state index contributed by atoms with van der Waals surface area (Å²) in [6, 6.07) is 22.1. The van der Waals surface area contributed by atoms with Crippen LogP contribution < -0.4 is 11.1 Å². The van der Waals surface area contributed by atoms with Gasteiger partial charge in [0.15, 0.2) is 0 Å². The molecule has 0 fully saturated rings. The lowest BCUT2D eigenvalue weighted by molar-refractivity contribution is 1.05. The summed E-state index contributed by atoms with van der Waals surface area (Å²) in [5.41, 5.74) is 12.8. The molecule has 5 heteroatoms. The Morgan fingerprint density at radius 2 is 1.71 bits per heavy atom. The van der Waals surface area contributed by atoms with Crippen LogP contribution in [0.3, 0.4) is 0 Å². The van der Waals surface area contributed by atoms with E-state index in [0.717, 1.165) is 45.1 Å². The van der Waals surface area contributed by atoms with Gasteiger partial charge in [0.2, 0.25) is 0 Å². The van der Waals surface area contributed by atoms with Gasteiger partial charge in [-0.3, -0.25) is 4.98 Å². The van der Waals surface area contributed by atoms with Gasteiger partial charge in [-0.15, -0.1) is 0 Å². The maximum Gasteiger partial charge on any atom is 0.134 e. The number of pyridine rings is 1. The second-order valence-corrected chi connectivity index (χ2v) is 6.52. The Hall–Kier alpha value is -3.57. The van der Waals surface area contributed by atoms with Crippen LogP contribution in [0.25, 0.3) is 22.5 Å². The monoisotopic (exact) mass is 367 g/mol. The van der Waals surface area contributed by atoms with Gasteiger partial charge in [0, 0.05) is 35.6 Å². The summed E-state index contributed by atoms with van der Waals surface area (Å²) >= 11 is 0. The molecule has 3 N–H and O–H groups in total. The molecule has 0 saturated carbocycles. The zero-order chi connectivity index (χ0) is 19.3. The van der Waals surface area contributed by atoms with Crippen LogP contribution in [0.2, 0.25) is 0 Å². The maximum atomic E-state index is 5.77. The third-order valence-electron chi connectivity index (χ3n) is 4.66. The smallest absolute Gasteiger partial charge is 0.134 e. The van der Waals surface area contributed by atoms with Crippen molar-refractivity contribution in [1.82, 2.24) is 15.0 Å². The van der Waals surface area contributed by atoms with Crippen LogP contribution >= 0.6 is 0 Å². The lowest BCUT2D eigenvalue weighted by Gasteiger charge is -2.12. The molecule has 0 unspecified atom stereocenters. The maximum absolute atomic E-state index is 5.77. The Kier molecular flexibility index (Phi) is 5.08. The molecule has 0 atom stereocenters. The van der Waals surface area contributed by atoms with Crippen LogP contribution in [0, 0.1) is 6.92 Å². The van der Waals surface area contributed by atoms with Gasteiger partial charge in [-0.05, 0) is 42.3 Å². The molecule has 0 spiro atoms. The fourth-order valence-electron chi connectivity index (χ4n) is 3.14. The zero-order valence-electron chi connectivity index (χ0n) is 15.6. The molecule has 0 aliphatic carbocycles. The zero-order valence-corrected chi connectivity index (χ0v) is 15.6. The van der Waals surface area contributed by atoms with E-state index >= 15 is 0 Å². The minimum absolute atomic E-state index is 0.535. The first-order chi connectivity index (χ1) is 13.7. The Labute approximate surface area is 164 Å². The molecular formula is C23H21N5. The molecule has 0 aliphatic rings. The van der Waals surface area contributed by atoms with Crippen molar-refractivity contribution >= 4 is 11.5 Å². The first kappa shape index (κ1) is 17.8. The number of hydrogen-bond acceptors (Lipinski definition) is 5. The van der Waals surface area contributed by atoms with E-state index in [0.29, 0.717) is 6.54 Å². The molecule has 5 nitrogen and oxygen atoms in total. The number of benzene rings is 2. The first-order valence-electron chi connectivity index (χ1n) is 9.14. The van der Waals surface area contributed by atoms with E-state index < -0.39 is 0 Å². The van der Waals surface area contributed by atoms with Crippen LogP contribution in [0.15, 0.2) is 79.3 Å². The van der Waals surface area contributed by atoms with Crippen molar-refractivity contribution in [3.8, 4) is 22.5 Å². The van der Waals surface area contributed by atoms with E-state index in [-0.39, 0.29) is 0 Å². The summed E-state index contributed by atoms with van der Waals surface area (Å²) in [5, 5.41) is 3.41. The highest BCUT2D eigenvalue weighted by Gasteiger charge is 2.08. The predicted molar refractivity (Wildman–Crippen MR) is 113 cm³/mol. The van der Waals surface area contributed by atoms with E-state index in [4.69, 9.17) is 5.73 Å². The molecule has 28 heavy (non-hydrogen) atoms. The van der Waals surface area contributed by atoms with Crippen molar-refractivity contribution in [1.29, 1.82) is 0 Å². The second kappa shape index (κ2) is 7.98. The summed E-state index contributed by atoms with van der Waals surface area (Å²) in [7, 11) is 0. The van der Waals surface area contributed by atoms with Gasteiger partial charge < -0.3 is 11.1 Å². The van der Waals surface area contributed by atoms with Gasteiger partial charge in [-0.2, -0.15) is 0 Å². The molecule has 0 bridgehead atoms. The number of nitrogens with two attached hydrogens (primary N) is 1. The summed E-state index contributed by atoms with van der Waals surface area (Å²) < 4.78 is 0. The number of anilines is 2. The van der Waals surface area contributed by atoms with Crippen molar-refractivity contribution in [2.45, 2.75) is 13.5 Å². The molecule has 2 aromatic carbocycles. The van der Waals surface area contributed by atoms with E-state index in [1.807, 2.05) is 54.6 Å². The molecule has 2 heterocycles. The topological polar surface area (TPSA) is 76.7 Å². The number of aryl methyl sites for hydroxylation is 1. The highest BCUT2D eigenvalue weighted by molar-refractivity contribution is 5.79. The molecule has 138 valence electrons. The van der Waals surface area contributed by atoms with Crippen molar-refractivity contribution in [2.75, 3.05) is 5.32 Å². The summed E-state index contributed by atoms with van der Waals surface area (Å²) in [5.74, 6) is 0.730. The summed E-state index contributed by atoms with van der Waals surface area (Å²) in [6.45, 7) is 2.60. The van der Waals surface area contributed by atoms with Gasteiger partial charge in [-0.25, -0.2) is 9.97 Å². The van der Waals surface area contributed by atoms with Crippen molar-refractivity contribution in [3.05, 3.63) is 90.4 Å². The number of nitrogens with zero attached hydrogens (tertiary/aromatic N) is 3. The lowest BCUT2D eigenvalue weighted by Crippen LogP contribution is -2.00. The highest BCUT2D eigenvalue weighted by atomic mass is 15.0. The van der Waals surface area contributed by atoms with Gasteiger partial charge in [0.05, 0.1) is 11.4 Å². The van der Waals surface area contributed by atoms with Crippen LogP contribution in [0.5, 0.6) is 0 Å². The normalized spacial score (nSPS) is 10.6. The molecule has 4 aromatic rings. The quantitative estimate of drug-likeness (QED) is 0.534. The standard InChI is InChI=1S/C23H21N5/c1-16-12-17(9-10-18(16)14-24)22-13-23(27-15-26-22)28-21-8-3-2-6-19(21)20-7-4-5-11-25-20/h2-13,15H,14,24H2,1H3,(H,26,27,28). The van der Waals surface area contributed by atoms with Gasteiger partial charge >= 0.3 is 0 Å². The molecule has 0 saturated heterocycles. The van der Waals surface area contributed by atoms with Crippen LogP contribution in [-0.2, 0) is 6.54 Å². The number of hydrogen-bond donors (Lipinski definition) is 2. The third kappa shape index (κ3) is 3.75. The molecule has 4 rings (SSSR count). The number of para-hydroxylation sites is 1. The predicted octanol–water partition coefficient (Wildman–Crippen LogP) is 4.72. The van der Waals surface area contributed by atoms with Crippen molar-refractivity contribution in [2.24, 2.45) is 5.73 Å². The number of aromatic nitrogens is 3. The fourth-order valence-corrected chi connectivity index (χ4v) is 3.14. The largest absolute Gasteiger partial charge is 0.340 e. The van der Waals surface area contributed by atoms with E-state index in [1.165, 1.54) is 0 Å². The Morgan fingerprint density at radius 1 is 0.857 bits per heavy atom. The molecule has 2 aromatic heterocycles. The second-order valence-electron chi connectivity index (χ2n) is 6.52. The highest BCUT2D eigenvalue weighted by Crippen LogP contribution is 2.29. The average molecular weight is 367 g/mol. The van der Waals surface area contributed by atoms with Gasteiger partial charge in [0.1, 0.15) is 12.1 Å². The fraction of sp³-hybridized carbons (Fsp3) is 0.0870. The number of rotatable bonds is 5. The molecule has 0 radical (unpaired) electrons. The lowest BCUT2D eigenvalue weighted by atomic mass is 10.0. The minimum atomic E-state index is 0.535. The van der Waals surface area contributed by atoms with Crippen molar-refractivity contribution < 1.29 is 0 Å². The number of nitrogens with one attached hydrogen (secondary N) is 1. The van der Waals surface area contributed by atoms with Crippen molar-refractivity contribution in [3.63, 3.8) is 0 Å². The van der Waals surface area contributed by atoms with E-state index in [9.17, 15) is 0 Å². The Morgan fingerprint density at radius 3 is 2.50 bits per heavy atom. The SMILES string of the molecule is Cc1cc(-c2cc(Nc3ccccc3-c3ccccn3)ncn2)ccc1CN. The molecular weight excluding hydrogens is 346 g/mol. The Bertz CT molecular complexity index is 1090. The average Bonchev–Trinajstić information content (AvgIpc) is 2.75. The van der Waals surface area contributed by atoms with E-state index in [2.05, 4.69) is 39.3 Å². The first-order valence-corrected chi connectivity index (χ1v) is 9.14. The van der Waals surface area contributed by atoms with Crippen LogP contribution in [0.1, 0.15) is 11.1 Å². The molecule has 0 amide bonds.